The molecule has 1 saturated heterocycles. The quantitative estimate of drug-likeness (QED) is 0.601. The Morgan fingerprint density at radius 3 is 2.53 bits per heavy atom. The summed E-state index contributed by atoms with van der Waals surface area (Å²) in [5.41, 5.74) is 0. The summed E-state index contributed by atoms with van der Waals surface area (Å²) in [6.07, 6.45) is 8.00. The highest BCUT2D eigenvalue weighted by molar-refractivity contribution is 4.78. The Hall–Kier alpha value is -0.120. The largest absolute Gasteiger partial charge is 0.396 e. The molecule has 0 aromatic heterocycles. The van der Waals surface area contributed by atoms with Crippen molar-refractivity contribution in [3.8, 4) is 0 Å². The van der Waals surface area contributed by atoms with Gasteiger partial charge in [0.15, 0.2) is 0 Å². The Balaban J connectivity index is 2.09. The van der Waals surface area contributed by atoms with Crippen LogP contribution in [0.4, 0.5) is 0 Å². The molecule has 2 N–H and O–H groups in total. The number of hydrogen-bond donors (Lipinski definition) is 2. The van der Waals surface area contributed by atoms with E-state index >= 15 is 0 Å². The first kappa shape index (κ1) is 12.9. The lowest BCUT2D eigenvalue weighted by molar-refractivity contribution is 0.210. The summed E-state index contributed by atoms with van der Waals surface area (Å²) in [6, 6.07) is 0.714. The smallest absolute Gasteiger partial charge is 0.0431 e. The highest BCUT2D eigenvalue weighted by atomic mass is 16.3. The minimum atomic E-state index is 0.327. The highest BCUT2D eigenvalue weighted by Crippen LogP contribution is 2.21. The number of aliphatic hydroxyl groups excluding tert-OH is 2. The van der Waals surface area contributed by atoms with Gasteiger partial charge in [-0.1, -0.05) is 0 Å². The van der Waals surface area contributed by atoms with E-state index in [1.807, 2.05) is 0 Å². The van der Waals surface area contributed by atoms with Gasteiger partial charge in [0.25, 0.3) is 0 Å². The second-order valence-electron chi connectivity index (χ2n) is 4.48. The lowest BCUT2D eigenvalue weighted by Crippen LogP contribution is -2.30. The van der Waals surface area contributed by atoms with Crippen molar-refractivity contribution >= 4 is 0 Å². The Labute approximate surface area is 93.1 Å². The number of unbranched alkanes of at least 4 members (excludes halogenated alkanes) is 2. The lowest BCUT2D eigenvalue weighted by Gasteiger charge is -2.24. The van der Waals surface area contributed by atoms with Crippen molar-refractivity contribution in [1.29, 1.82) is 0 Å². The van der Waals surface area contributed by atoms with Crippen LogP contribution in [-0.4, -0.2) is 47.5 Å². The average molecular weight is 215 g/mol. The number of likely N-dealkylation sites (tertiary alicyclic amines) is 1. The number of aliphatic hydroxyl groups is 2. The van der Waals surface area contributed by atoms with Crippen LogP contribution in [0, 0.1) is 0 Å². The predicted octanol–water partition coefficient (Wildman–Crippen LogP) is 1.39. The van der Waals surface area contributed by atoms with Crippen molar-refractivity contribution in [2.24, 2.45) is 0 Å². The van der Waals surface area contributed by atoms with Crippen LogP contribution in [-0.2, 0) is 0 Å². The maximum absolute atomic E-state index is 8.81. The van der Waals surface area contributed by atoms with Crippen LogP contribution in [0.25, 0.3) is 0 Å². The number of nitrogens with zero attached hydrogens (tertiary/aromatic N) is 1. The third-order valence-corrected chi connectivity index (χ3v) is 3.30. The molecular weight excluding hydrogens is 190 g/mol. The maximum atomic E-state index is 8.81. The number of rotatable bonds is 8. The first-order valence-electron chi connectivity index (χ1n) is 6.34. The molecule has 1 unspecified atom stereocenters. The van der Waals surface area contributed by atoms with Crippen LogP contribution in [0.1, 0.15) is 44.9 Å². The van der Waals surface area contributed by atoms with Gasteiger partial charge in [-0.3, -0.25) is 0 Å². The van der Waals surface area contributed by atoms with E-state index in [2.05, 4.69) is 4.90 Å². The highest BCUT2D eigenvalue weighted by Gasteiger charge is 2.22. The molecule has 0 saturated carbocycles. The van der Waals surface area contributed by atoms with Gasteiger partial charge in [-0.15, -0.1) is 0 Å². The molecule has 0 radical (unpaired) electrons. The predicted molar refractivity (Wildman–Crippen MR) is 61.9 cm³/mol. The first-order valence-corrected chi connectivity index (χ1v) is 6.34. The molecule has 1 aliphatic rings. The Kier molecular flexibility index (Phi) is 6.98. The molecule has 0 spiro atoms. The zero-order valence-corrected chi connectivity index (χ0v) is 9.70. The van der Waals surface area contributed by atoms with Crippen molar-refractivity contribution in [2.75, 3.05) is 26.3 Å². The van der Waals surface area contributed by atoms with E-state index in [1.165, 1.54) is 32.4 Å². The van der Waals surface area contributed by atoms with Crippen LogP contribution in [0.3, 0.4) is 0 Å². The van der Waals surface area contributed by atoms with Gasteiger partial charge in [-0.2, -0.15) is 0 Å². The van der Waals surface area contributed by atoms with Gasteiger partial charge in [0.2, 0.25) is 0 Å². The molecule has 0 amide bonds. The van der Waals surface area contributed by atoms with Crippen molar-refractivity contribution in [3.05, 3.63) is 0 Å². The SMILES string of the molecule is OCCCCCN1CCCC1CCCO. The standard InChI is InChI=1S/C12H25NO2/c14-10-3-1-2-8-13-9-4-6-12(13)7-5-11-15/h12,14-15H,1-11H2. The zero-order valence-electron chi connectivity index (χ0n) is 9.70. The van der Waals surface area contributed by atoms with Gasteiger partial charge in [0.1, 0.15) is 0 Å². The maximum Gasteiger partial charge on any atom is 0.0431 e. The van der Waals surface area contributed by atoms with Gasteiger partial charge in [0, 0.05) is 19.3 Å². The van der Waals surface area contributed by atoms with Crippen molar-refractivity contribution in [1.82, 2.24) is 4.90 Å². The third-order valence-electron chi connectivity index (χ3n) is 3.30. The molecule has 1 heterocycles. The Morgan fingerprint density at radius 1 is 1.00 bits per heavy atom. The average Bonchev–Trinajstić information content (AvgIpc) is 2.69. The summed E-state index contributed by atoms with van der Waals surface area (Å²) in [5, 5.41) is 17.5. The summed E-state index contributed by atoms with van der Waals surface area (Å²) in [7, 11) is 0. The fourth-order valence-corrected chi connectivity index (χ4v) is 2.45. The van der Waals surface area contributed by atoms with Crippen LogP contribution < -0.4 is 0 Å². The van der Waals surface area contributed by atoms with Gasteiger partial charge in [-0.25, -0.2) is 0 Å². The number of hydrogen-bond acceptors (Lipinski definition) is 3. The summed E-state index contributed by atoms with van der Waals surface area (Å²) >= 11 is 0. The van der Waals surface area contributed by atoms with Crippen molar-refractivity contribution in [3.63, 3.8) is 0 Å². The minimum Gasteiger partial charge on any atom is -0.396 e. The van der Waals surface area contributed by atoms with Crippen LogP contribution in [0.2, 0.25) is 0 Å². The topological polar surface area (TPSA) is 43.7 Å². The van der Waals surface area contributed by atoms with Crippen LogP contribution in [0.15, 0.2) is 0 Å². The second kappa shape index (κ2) is 8.08. The summed E-state index contributed by atoms with van der Waals surface area (Å²) < 4.78 is 0. The van der Waals surface area contributed by atoms with Crippen LogP contribution in [0.5, 0.6) is 0 Å². The molecule has 3 nitrogen and oxygen atoms in total. The van der Waals surface area contributed by atoms with E-state index in [0.717, 1.165) is 25.7 Å². The molecule has 1 fully saturated rings. The van der Waals surface area contributed by atoms with Crippen molar-refractivity contribution in [2.45, 2.75) is 51.0 Å². The summed E-state index contributed by atoms with van der Waals surface area (Å²) in [4.78, 5) is 2.56. The fourth-order valence-electron chi connectivity index (χ4n) is 2.45. The first-order chi connectivity index (χ1) is 7.38. The minimum absolute atomic E-state index is 0.327. The Morgan fingerprint density at radius 2 is 1.80 bits per heavy atom. The van der Waals surface area contributed by atoms with Crippen LogP contribution >= 0.6 is 0 Å². The molecule has 0 aromatic rings. The monoisotopic (exact) mass is 215 g/mol. The Bertz CT molecular complexity index is 153. The van der Waals surface area contributed by atoms with E-state index in [1.54, 1.807) is 0 Å². The van der Waals surface area contributed by atoms with Crippen molar-refractivity contribution < 1.29 is 10.2 Å². The molecule has 1 rings (SSSR count). The lowest BCUT2D eigenvalue weighted by atomic mass is 10.1. The van der Waals surface area contributed by atoms with Gasteiger partial charge >= 0.3 is 0 Å². The molecule has 0 aliphatic carbocycles. The molecule has 0 bridgehead atoms. The second-order valence-corrected chi connectivity index (χ2v) is 4.48. The molecule has 90 valence electrons. The summed E-state index contributed by atoms with van der Waals surface area (Å²) in [5.74, 6) is 0. The van der Waals surface area contributed by atoms with Gasteiger partial charge < -0.3 is 15.1 Å². The molecule has 15 heavy (non-hydrogen) atoms. The molecule has 1 atom stereocenters. The fraction of sp³-hybridized carbons (Fsp3) is 1.00. The molecular formula is C12H25NO2. The van der Waals surface area contributed by atoms with Gasteiger partial charge in [-0.05, 0) is 58.0 Å². The molecule has 0 aromatic carbocycles. The third kappa shape index (κ3) is 4.96. The van der Waals surface area contributed by atoms with E-state index < -0.39 is 0 Å². The van der Waals surface area contributed by atoms with E-state index in [4.69, 9.17) is 10.2 Å². The van der Waals surface area contributed by atoms with E-state index in [0.29, 0.717) is 19.3 Å². The zero-order chi connectivity index (χ0) is 10.9. The normalized spacial score (nSPS) is 22.4. The van der Waals surface area contributed by atoms with E-state index in [9.17, 15) is 0 Å². The molecule has 3 heteroatoms. The molecule has 1 aliphatic heterocycles. The van der Waals surface area contributed by atoms with Gasteiger partial charge in [0.05, 0.1) is 0 Å². The summed E-state index contributed by atoms with van der Waals surface area (Å²) in [6.45, 7) is 3.06. The van der Waals surface area contributed by atoms with E-state index in [-0.39, 0.29) is 0 Å².